The van der Waals surface area contributed by atoms with E-state index in [2.05, 4.69) is 9.82 Å². The summed E-state index contributed by atoms with van der Waals surface area (Å²) >= 11 is -1.18. The maximum atomic E-state index is 13.0. The Morgan fingerprint density at radius 1 is 1.21 bits per heavy atom. The van der Waals surface area contributed by atoms with Gasteiger partial charge < -0.3 is 9.27 Å². The van der Waals surface area contributed by atoms with Crippen molar-refractivity contribution in [3.8, 4) is 16.3 Å². The van der Waals surface area contributed by atoms with Crippen LogP contribution in [0.15, 0.2) is 47.8 Å². The van der Waals surface area contributed by atoms with Crippen molar-refractivity contribution in [1.82, 2.24) is 9.78 Å². The van der Waals surface area contributed by atoms with E-state index in [0.29, 0.717) is 21.9 Å². The Kier molecular flexibility index (Phi) is 4.43. The molecule has 0 bridgehead atoms. The van der Waals surface area contributed by atoms with Crippen molar-refractivity contribution >= 4 is 28.3 Å². The van der Waals surface area contributed by atoms with Crippen molar-refractivity contribution in [3.05, 3.63) is 53.5 Å². The molecule has 0 spiro atoms. The van der Waals surface area contributed by atoms with Gasteiger partial charge in [0, 0.05) is 17.0 Å². The van der Waals surface area contributed by atoms with Gasteiger partial charge >= 0.3 is 6.18 Å². The molecule has 0 fully saturated rings. The number of thiophene rings is 1. The molecule has 2 aromatic heterocycles. The molecule has 1 unspecified atom stereocenters. The normalized spacial score (nSPS) is 13.0. The number of nitrogens with zero attached hydrogens (tertiary/aromatic N) is 2. The molecule has 0 radical (unpaired) electrons. The van der Waals surface area contributed by atoms with Crippen molar-refractivity contribution < 1.29 is 21.9 Å². The highest BCUT2D eigenvalue weighted by Crippen LogP contribution is 2.34. The Morgan fingerprint density at radius 2 is 1.92 bits per heavy atom. The van der Waals surface area contributed by atoms with E-state index in [9.17, 15) is 21.9 Å². The summed E-state index contributed by atoms with van der Waals surface area (Å²) in [4.78, 5) is 0.640. The maximum absolute atomic E-state index is 13.0. The van der Waals surface area contributed by atoms with Crippen LogP contribution in [-0.4, -0.2) is 18.5 Å². The Balaban J connectivity index is 2.06. The second-order valence-electron chi connectivity index (χ2n) is 4.69. The van der Waals surface area contributed by atoms with Gasteiger partial charge in [0.2, 0.25) is 0 Å². The zero-order chi connectivity index (χ0) is 17.3. The van der Waals surface area contributed by atoms with Crippen molar-refractivity contribution in [2.45, 2.75) is 6.18 Å². The lowest BCUT2D eigenvalue weighted by atomic mass is 10.2. The Hall–Kier alpha value is -2.17. The summed E-state index contributed by atoms with van der Waals surface area (Å²) in [5.74, 6) is 0. The van der Waals surface area contributed by atoms with Crippen LogP contribution in [0.1, 0.15) is 5.69 Å². The Morgan fingerprint density at radius 3 is 2.46 bits per heavy atom. The second-order valence-corrected chi connectivity index (χ2v) is 6.31. The van der Waals surface area contributed by atoms with Gasteiger partial charge in [0.05, 0.1) is 16.3 Å². The molecule has 3 rings (SSSR count). The van der Waals surface area contributed by atoms with Gasteiger partial charge in [-0.25, -0.2) is 4.68 Å². The van der Waals surface area contributed by atoms with E-state index in [1.54, 1.807) is 17.5 Å². The van der Waals surface area contributed by atoms with Crippen LogP contribution >= 0.6 is 11.3 Å². The lowest BCUT2D eigenvalue weighted by Crippen LogP contribution is -2.07. The molecule has 0 saturated heterocycles. The van der Waals surface area contributed by atoms with Crippen LogP contribution in [-0.2, 0) is 17.4 Å². The summed E-state index contributed by atoms with van der Waals surface area (Å²) < 4.78 is 63.5. The van der Waals surface area contributed by atoms with Gasteiger partial charge in [0.25, 0.3) is 0 Å². The minimum absolute atomic E-state index is 0.299. The molecule has 1 N–H and O–H groups in total. The van der Waals surface area contributed by atoms with Crippen LogP contribution in [0, 0.1) is 0 Å². The predicted molar refractivity (Wildman–Crippen MR) is 84.4 cm³/mol. The molecule has 1 aromatic carbocycles. The maximum Gasteiger partial charge on any atom is 0.435 e. The first-order chi connectivity index (χ1) is 11.3. The smallest absolute Gasteiger partial charge is 0.435 e. The fraction of sp³-hybridized carbons (Fsp3) is 0.0714. The Labute approximate surface area is 141 Å². The van der Waals surface area contributed by atoms with Gasteiger partial charge in [-0.1, -0.05) is 6.07 Å². The average molecular weight is 372 g/mol. The van der Waals surface area contributed by atoms with Crippen molar-refractivity contribution in [2.75, 3.05) is 4.72 Å². The summed E-state index contributed by atoms with van der Waals surface area (Å²) in [7, 11) is 0. The SMILES string of the molecule is O=S([O-])Nc1ccc(-n2nc(C(F)(F)F)cc2-c2cccs2)cc1. The number of hydrogen-bond donors (Lipinski definition) is 1. The molecule has 5 nitrogen and oxygen atoms in total. The van der Waals surface area contributed by atoms with Gasteiger partial charge in [0.15, 0.2) is 5.69 Å². The molecule has 10 heteroatoms. The summed E-state index contributed by atoms with van der Waals surface area (Å²) in [6, 6.07) is 10.3. The highest BCUT2D eigenvalue weighted by atomic mass is 32.2. The third-order valence-electron chi connectivity index (χ3n) is 3.09. The van der Waals surface area contributed by atoms with Crippen LogP contribution < -0.4 is 4.72 Å². The van der Waals surface area contributed by atoms with Gasteiger partial charge in [-0.15, -0.1) is 11.3 Å². The molecule has 2 heterocycles. The van der Waals surface area contributed by atoms with Gasteiger partial charge in [-0.2, -0.15) is 18.3 Å². The highest BCUT2D eigenvalue weighted by molar-refractivity contribution is 7.80. The largest absolute Gasteiger partial charge is 0.755 e. The summed E-state index contributed by atoms with van der Waals surface area (Å²) in [6.45, 7) is 0. The molecule has 0 aliphatic rings. The first-order valence-electron chi connectivity index (χ1n) is 6.52. The topological polar surface area (TPSA) is 70.0 Å². The average Bonchev–Trinajstić information content (AvgIpc) is 3.16. The van der Waals surface area contributed by atoms with Crippen LogP contribution in [0.25, 0.3) is 16.3 Å². The molecule has 0 aliphatic heterocycles. The molecule has 0 saturated carbocycles. The number of nitrogens with one attached hydrogen (secondary N) is 1. The van der Waals surface area contributed by atoms with E-state index >= 15 is 0 Å². The standard InChI is InChI=1S/C14H10F3N3O2S2/c15-14(16,17)13-8-11(12-2-1-7-23-12)20(18-13)10-5-3-9(4-6-10)19-24(21)22/h1-8,19H,(H,21,22)/p-1. The monoisotopic (exact) mass is 372 g/mol. The highest BCUT2D eigenvalue weighted by Gasteiger charge is 2.35. The summed E-state index contributed by atoms with van der Waals surface area (Å²) in [6.07, 6.45) is -4.56. The van der Waals surface area contributed by atoms with Crippen molar-refractivity contribution in [3.63, 3.8) is 0 Å². The van der Waals surface area contributed by atoms with E-state index in [4.69, 9.17) is 0 Å². The zero-order valence-corrected chi connectivity index (χ0v) is 13.4. The summed E-state index contributed by atoms with van der Waals surface area (Å²) in [5, 5.41) is 5.41. The minimum Gasteiger partial charge on any atom is -0.755 e. The van der Waals surface area contributed by atoms with E-state index in [1.807, 2.05) is 0 Å². The molecule has 1 atom stereocenters. The third kappa shape index (κ3) is 3.50. The predicted octanol–water partition coefficient (Wildman–Crippen LogP) is 3.83. The first-order valence-corrected chi connectivity index (χ1v) is 8.47. The Bertz CT molecular complexity index is 859. The van der Waals surface area contributed by atoms with Gasteiger partial charge in [-0.3, -0.25) is 4.21 Å². The number of rotatable bonds is 4. The van der Waals surface area contributed by atoms with Crippen molar-refractivity contribution in [1.29, 1.82) is 0 Å². The number of anilines is 1. The van der Waals surface area contributed by atoms with Crippen LogP contribution in [0.4, 0.5) is 18.9 Å². The van der Waals surface area contributed by atoms with Crippen LogP contribution in [0.2, 0.25) is 0 Å². The first kappa shape index (κ1) is 16.7. The van der Waals surface area contributed by atoms with Crippen LogP contribution in [0.3, 0.4) is 0 Å². The third-order valence-corrected chi connectivity index (χ3v) is 4.38. The van der Waals surface area contributed by atoms with Gasteiger partial charge in [-0.05, 0) is 41.8 Å². The molecule has 0 aliphatic carbocycles. The number of hydrogen-bond acceptors (Lipinski definition) is 4. The quantitative estimate of drug-likeness (QED) is 0.708. The lowest BCUT2D eigenvalue weighted by molar-refractivity contribution is -0.141. The van der Waals surface area contributed by atoms with E-state index in [1.165, 1.54) is 40.3 Å². The molecule has 126 valence electrons. The van der Waals surface area contributed by atoms with E-state index in [0.717, 1.165) is 6.07 Å². The fourth-order valence-corrected chi connectivity index (χ4v) is 3.14. The summed E-state index contributed by atoms with van der Waals surface area (Å²) in [5.41, 5.74) is 0.00304. The van der Waals surface area contributed by atoms with Crippen LogP contribution in [0.5, 0.6) is 0 Å². The molecule has 24 heavy (non-hydrogen) atoms. The minimum atomic E-state index is -4.56. The van der Waals surface area contributed by atoms with E-state index in [-0.39, 0.29) is 0 Å². The fourth-order valence-electron chi connectivity index (χ4n) is 2.08. The number of benzene rings is 1. The lowest BCUT2D eigenvalue weighted by Gasteiger charge is -2.10. The second kappa shape index (κ2) is 6.38. The number of alkyl halides is 3. The van der Waals surface area contributed by atoms with Gasteiger partial charge in [0.1, 0.15) is 0 Å². The molecular weight excluding hydrogens is 363 g/mol. The number of aromatic nitrogens is 2. The molecular formula is C14H9F3N3O2S2-. The zero-order valence-electron chi connectivity index (χ0n) is 11.8. The molecule has 3 aromatic rings. The molecule has 0 amide bonds. The number of halogens is 3. The van der Waals surface area contributed by atoms with E-state index < -0.39 is 23.1 Å². The van der Waals surface area contributed by atoms with Crippen molar-refractivity contribution in [2.24, 2.45) is 0 Å².